The summed E-state index contributed by atoms with van der Waals surface area (Å²) in [4.78, 5) is 38.3. The fourth-order valence-electron chi connectivity index (χ4n) is 3.30. The average molecular weight is 343 g/mol. The number of carbonyl (C=O) groups is 2. The predicted molar refractivity (Wildman–Crippen MR) is 87.4 cm³/mol. The Balaban J connectivity index is 2.05. The minimum Gasteiger partial charge on any atom is -0.548 e. The molecule has 0 bridgehead atoms. The van der Waals surface area contributed by atoms with Gasteiger partial charge in [-0.25, -0.2) is 0 Å². The molecule has 0 spiro atoms. The minimum absolute atomic E-state index is 0.260. The lowest BCUT2D eigenvalue weighted by Crippen LogP contribution is -2.51. The van der Waals surface area contributed by atoms with Crippen LogP contribution in [0.2, 0.25) is 0 Å². The molecule has 0 radical (unpaired) electrons. The van der Waals surface area contributed by atoms with Crippen molar-refractivity contribution in [3.8, 4) is 0 Å². The van der Waals surface area contributed by atoms with Crippen LogP contribution >= 0.6 is 0 Å². The fourth-order valence-corrected chi connectivity index (χ4v) is 3.30. The molecule has 25 heavy (non-hydrogen) atoms. The van der Waals surface area contributed by atoms with E-state index in [4.69, 9.17) is 0 Å². The van der Waals surface area contributed by atoms with Gasteiger partial charge in [0.05, 0.1) is 17.4 Å². The van der Waals surface area contributed by atoms with Crippen LogP contribution in [0.15, 0.2) is 29.1 Å². The average Bonchev–Trinajstić information content (AvgIpc) is 3.07. The van der Waals surface area contributed by atoms with Gasteiger partial charge in [0, 0.05) is 6.54 Å². The Morgan fingerprint density at radius 1 is 1.28 bits per heavy atom. The number of carbonyl (C=O) groups excluding carboxylic acids is 2. The lowest BCUT2D eigenvalue weighted by molar-refractivity contribution is -0.310. The minimum atomic E-state index is -1.27. The molecule has 1 fully saturated rings. The Kier molecular flexibility index (Phi) is 4.52. The van der Waals surface area contributed by atoms with Crippen LogP contribution < -0.4 is 10.7 Å². The van der Waals surface area contributed by atoms with Gasteiger partial charge in [-0.1, -0.05) is 31.2 Å². The van der Waals surface area contributed by atoms with Crippen molar-refractivity contribution in [2.24, 2.45) is 5.92 Å². The normalized spacial score (nSPS) is 18.7. The molecular weight excluding hydrogens is 324 g/mol. The van der Waals surface area contributed by atoms with E-state index in [0.717, 1.165) is 4.68 Å². The van der Waals surface area contributed by atoms with Gasteiger partial charge in [-0.05, 0) is 30.9 Å². The predicted octanol–water partition coefficient (Wildman–Crippen LogP) is -0.270. The molecule has 1 amide bonds. The molecule has 8 heteroatoms. The van der Waals surface area contributed by atoms with Crippen molar-refractivity contribution in [1.29, 1.82) is 0 Å². The van der Waals surface area contributed by atoms with Crippen molar-refractivity contribution in [3.63, 3.8) is 0 Å². The topological polar surface area (TPSA) is 108 Å². The zero-order chi connectivity index (χ0) is 18.1. The number of hydrogen-bond acceptors (Lipinski definition) is 6. The molecule has 2 heterocycles. The summed E-state index contributed by atoms with van der Waals surface area (Å²) in [7, 11) is 0. The summed E-state index contributed by atoms with van der Waals surface area (Å²) in [6.45, 7) is 3.91. The first-order chi connectivity index (χ1) is 11.9. The van der Waals surface area contributed by atoms with E-state index in [1.54, 1.807) is 38.1 Å². The van der Waals surface area contributed by atoms with E-state index < -0.39 is 29.5 Å². The van der Waals surface area contributed by atoms with E-state index in [2.05, 4.69) is 10.3 Å². The number of fused-ring (bicyclic) bond motifs is 1. The SMILES string of the molecule is CC(C)[C@@H](C(=O)N1CCC[C@@H]1C(=O)[O-])n1nnc2ccccc2c1=O. The van der Waals surface area contributed by atoms with Crippen LogP contribution in [0.1, 0.15) is 32.7 Å². The van der Waals surface area contributed by atoms with E-state index in [1.165, 1.54) is 4.90 Å². The summed E-state index contributed by atoms with van der Waals surface area (Å²) in [5.41, 5.74) is 0.0364. The van der Waals surface area contributed by atoms with Crippen LogP contribution in [0.5, 0.6) is 0 Å². The Morgan fingerprint density at radius 3 is 2.68 bits per heavy atom. The van der Waals surface area contributed by atoms with Gasteiger partial charge in [0.1, 0.15) is 11.6 Å². The van der Waals surface area contributed by atoms with Gasteiger partial charge in [-0.15, -0.1) is 5.10 Å². The number of carboxylic acids is 1. The number of aliphatic carboxylic acids is 1. The first-order valence-electron chi connectivity index (χ1n) is 8.27. The Hall–Kier alpha value is -2.77. The van der Waals surface area contributed by atoms with Crippen molar-refractivity contribution < 1.29 is 14.7 Å². The summed E-state index contributed by atoms with van der Waals surface area (Å²) in [5, 5.41) is 19.6. The van der Waals surface area contributed by atoms with Gasteiger partial charge in [-0.2, -0.15) is 4.68 Å². The Labute approximate surface area is 144 Å². The number of aromatic nitrogens is 3. The third-order valence-corrected chi connectivity index (χ3v) is 4.55. The Bertz CT molecular complexity index is 876. The van der Waals surface area contributed by atoms with Gasteiger partial charge in [-0.3, -0.25) is 9.59 Å². The summed E-state index contributed by atoms with van der Waals surface area (Å²) in [5.74, 6) is -1.97. The largest absolute Gasteiger partial charge is 0.548 e. The molecule has 2 atom stereocenters. The van der Waals surface area contributed by atoms with Crippen molar-refractivity contribution in [1.82, 2.24) is 19.9 Å². The number of hydrogen-bond donors (Lipinski definition) is 0. The molecule has 1 saturated heterocycles. The van der Waals surface area contributed by atoms with E-state index >= 15 is 0 Å². The van der Waals surface area contributed by atoms with Gasteiger partial charge in [0.25, 0.3) is 5.56 Å². The molecule has 0 unspecified atom stereocenters. The third-order valence-electron chi connectivity index (χ3n) is 4.55. The van der Waals surface area contributed by atoms with E-state index in [-0.39, 0.29) is 5.92 Å². The maximum atomic E-state index is 13.0. The molecule has 1 aromatic heterocycles. The molecule has 2 aromatic rings. The summed E-state index contributed by atoms with van der Waals surface area (Å²) >= 11 is 0. The standard InChI is InChI=1S/C17H20N4O4/c1-10(2)14(16(23)20-9-5-8-13(20)17(24)25)21-15(22)11-6-3-4-7-12(11)18-19-21/h3-4,6-7,10,13-14H,5,8-9H2,1-2H3,(H,24,25)/p-1/t13-,14+/m1/s1. The number of carboxylic acid groups (broad SMARTS) is 1. The van der Waals surface area contributed by atoms with Crippen LogP contribution in [-0.2, 0) is 9.59 Å². The molecule has 0 saturated carbocycles. The second-order valence-electron chi connectivity index (χ2n) is 6.55. The number of benzene rings is 1. The van der Waals surface area contributed by atoms with Crippen LogP contribution in [0.25, 0.3) is 10.9 Å². The molecule has 1 aliphatic heterocycles. The second kappa shape index (κ2) is 6.62. The molecule has 8 nitrogen and oxygen atoms in total. The first-order valence-corrected chi connectivity index (χ1v) is 8.27. The highest BCUT2D eigenvalue weighted by molar-refractivity contribution is 5.86. The maximum absolute atomic E-state index is 13.0. The number of likely N-dealkylation sites (tertiary alicyclic amines) is 1. The summed E-state index contributed by atoms with van der Waals surface area (Å²) in [6, 6.07) is 4.90. The number of rotatable bonds is 4. The highest BCUT2D eigenvalue weighted by Crippen LogP contribution is 2.25. The van der Waals surface area contributed by atoms with Gasteiger partial charge < -0.3 is 14.8 Å². The van der Waals surface area contributed by atoms with E-state index in [0.29, 0.717) is 30.3 Å². The maximum Gasteiger partial charge on any atom is 0.278 e. The van der Waals surface area contributed by atoms with Crippen LogP contribution in [0, 0.1) is 5.92 Å². The molecule has 132 valence electrons. The lowest BCUT2D eigenvalue weighted by atomic mass is 10.0. The van der Waals surface area contributed by atoms with Crippen LogP contribution in [0.4, 0.5) is 0 Å². The second-order valence-corrected chi connectivity index (χ2v) is 6.55. The fraction of sp³-hybridized carbons (Fsp3) is 0.471. The van der Waals surface area contributed by atoms with Crippen molar-refractivity contribution in [2.45, 2.75) is 38.8 Å². The molecule has 3 rings (SSSR count). The van der Waals surface area contributed by atoms with Crippen molar-refractivity contribution in [3.05, 3.63) is 34.6 Å². The first kappa shape index (κ1) is 17.1. The van der Waals surface area contributed by atoms with E-state index in [9.17, 15) is 19.5 Å². The summed E-state index contributed by atoms with van der Waals surface area (Å²) < 4.78 is 1.07. The van der Waals surface area contributed by atoms with Gasteiger partial charge in [0.2, 0.25) is 5.91 Å². The molecule has 0 N–H and O–H groups in total. The van der Waals surface area contributed by atoms with Crippen LogP contribution in [0.3, 0.4) is 0 Å². The number of nitrogens with zero attached hydrogens (tertiary/aromatic N) is 4. The third kappa shape index (κ3) is 2.99. The van der Waals surface area contributed by atoms with Crippen molar-refractivity contribution >= 4 is 22.8 Å². The quantitative estimate of drug-likeness (QED) is 0.756. The molecule has 0 aliphatic carbocycles. The molecule has 1 aromatic carbocycles. The Morgan fingerprint density at radius 2 is 2.00 bits per heavy atom. The number of amides is 1. The smallest absolute Gasteiger partial charge is 0.278 e. The van der Waals surface area contributed by atoms with Gasteiger partial charge >= 0.3 is 0 Å². The molecular formula is C17H19N4O4-. The van der Waals surface area contributed by atoms with Crippen LogP contribution in [-0.4, -0.2) is 44.4 Å². The highest BCUT2D eigenvalue weighted by atomic mass is 16.4. The monoisotopic (exact) mass is 343 g/mol. The van der Waals surface area contributed by atoms with E-state index in [1.807, 2.05) is 0 Å². The summed E-state index contributed by atoms with van der Waals surface area (Å²) in [6.07, 6.45) is 0.949. The highest BCUT2D eigenvalue weighted by Gasteiger charge is 2.37. The van der Waals surface area contributed by atoms with Gasteiger partial charge in [0.15, 0.2) is 0 Å². The zero-order valence-corrected chi connectivity index (χ0v) is 14.1. The zero-order valence-electron chi connectivity index (χ0n) is 14.1. The lowest BCUT2D eigenvalue weighted by Gasteiger charge is -2.31. The molecule has 1 aliphatic rings. The van der Waals surface area contributed by atoms with Crippen molar-refractivity contribution in [2.75, 3.05) is 6.54 Å².